The third kappa shape index (κ3) is 11.7. The van der Waals surface area contributed by atoms with Gasteiger partial charge in [0.15, 0.2) is 0 Å². The first-order chi connectivity index (χ1) is 11.6. The van der Waals surface area contributed by atoms with Crippen molar-refractivity contribution in [2.75, 3.05) is 0 Å². The van der Waals surface area contributed by atoms with Gasteiger partial charge in [0.25, 0.3) is 0 Å². The molecule has 2 heteroatoms. The van der Waals surface area contributed by atoms with E-state index in [1.54, 1.807) is 0 Å². The fraction of sp³-hybridized carbons (Fsp3) is 0.739. The molecule has 0 radical (unpaired) electrons. The van der Waals surface area contributed by atoms with Crippen LogP contribution in [-0.2, 0) is 11.3 Å². The van der Waals surface area contributed by atoms with Gasteiger partial charge in [-0.1, -0.05) is 102 Å². The minimum atomic E-state index is -0.256. The van der Waals surface area contributed by atoms with Crippen LogP contribution in [0.1, 0.15) is 109 Å². The summed E-state index contributed by atoms with van der Waals surface area (Å²) in [6.07, 6.45) is 18.1. The molecule has 146 valence electrons. The van der Waals surface area contributed by atoms with E-state index in [1.807, 2.05) is 0 Å². The van der Waals surface area contributed by atoms with Gasteiger partial charge in [0.05, 0.1) is 4.87 Å². The van der Waals surface area contributed by atoms with E-state index in [-0.39, 0.29) is 10.4 Å². The van der Waals surface area contributed by atoms with Crippen LogP contribution >= 0.6 is 11.6 Å². The Morgan fingerprint density at radius 2 is 1.16 bits per heavy atom. The van der Waals surface area contributed by atoms with Gasteiger partial charge in [0, 0.05) is 0 Å². The van der Waals surface area contributed by atoms with Crippen molar-refractivity contribution in [2.24, 2.45) is 0 Å². The second kappa shape index (κ2) is 14.6. The Morgan fingerprint density at radius 1 is 0.720 bits per heavy atom. The number of aryl methyl sites for hydroxylation is 1. The van der Waals surface area contributed by atoms with Gasteiger partial charge in [-0.3, -0.25) is 0 Å². The van der Waals surface area contributed by atoms with E-state index in [1.165, 1.54) is 94.6 Å². The molecule has 0 aliphatic rings. The molecule has 0 unspecified atom stereocenters. The summed E-state index contributed by atoms with van der Waals surface area (Å²) in [7, 11) is 0. The number of benzene rings is 1. The molecular weight excluding hydrogens is 328 g/mol. The molecule has 0 aliphatic heterocycles. The van der Waals surface area contributed by atoms with Gasteiger partial charge in [-0.05, 0) is 37.8 Å². The Labute approximate surface area is 161 Å². The third-order valence-corrected chi connectivity index (χ3v) is 5.16. The van der Waals surface area contributed by atoms with E-state index in [0.29, 0.717) is 0 Å². The standard InChI is InChI=1S/C23H39Cl.H2O/c1-4-5-6-7-8-9-10-11-12-13-14-15-18-21-19-16-17-20-22(21)23(2,3)24;/h16-17,19-20H,4-15,18H2,1-3H3;1H2. The topological polar surface area (TPSA) is 31.5 Å². The van der Waals surface area contributed by atoms with Crippen molar-refractivity contribution in [3.8, 4) is 0 Å². The lowest BCUT2D eigenvalue weighted by Crippen LogP contribution is -2.10. The van der Waals surface area contributed by atoms with Gasteiger partial charge >= 0.3 is 0 Å². The van der Waals surface area contributed by atoms with Gasteiger partial charge in [0.1, 0.15) is 0 Å². The van der Waals surface area contributed by atoms with Crippen LogP contribution in [0.2, 0.25) is 0 Å². The number of rotatable bonds is 14. The van der Waals surface area contributed by atoms with Crippen LogP contribution in [0.15, 0.2) is 24.3 Å². The highest BCUT2D eigenvalue weighted by Gasteiger charge is 2.19. The molecule has 0 aliphatic carbocycles. The van der Waals surface area contributed by atoms with Crippen molar-refractivity contribution in [1.29, 1.82) is 0 Å². The van der Waals surface area contributed by atoms with Crippen molar-refractivity contribution < 1.29 is 5.48 Å². The number of unbranched alkanes of at least 4 members (excludes halogenated alkanes) is 11. The smallest absolute Gasteiger partial charge is 0.0641 e. The summed E-state index contributed by atoms with van der Waals surface area (Å²) in [5, 5.41) is 0. The zero-order chi connectivity index (χ0) is 17.7. The maximum atomic E-state index is 6.51. The molecule has 25 heavy (non-hydrogen) atoms. The van der Waals surface area contributed by atoms with E-state index in [4.69, 9.17) is 11.6 Å². The molecule has 0 saturated carbocycles. The second-order valence-corrected chi connectivity index (χ2v) is 8.71. The van der Waals surface area contributed by atoms with Crippen LogP contribution in [0.5, 0.6) is 0 Å². The normalized spacial score (nSPS) is 11.4. The number of halogens is 1. The summed E-state index contributed by atoms with van der Waals surface area (Å²) >= 11 is 6.51. The van der Waals surface area contributed by atoms with Crippen LogP contribution in [-0.4, -0.2) is 5.48 Å². The average molecular weight is 369 g/mol. The number of alkyl halides is 1. The maximum Gasteiger partial charge on any atom is 0.0641 e. The Hall–Kier alpha value is -0.530. The second-order valence-electron chi connectivity index (χ2n) is 7.77. The minimum absolute atomic E-state index is 0. The molecule has 0 aromatic heterocycles. The molecule has 0 spiro atoms. The molecule has 2 N–H and O–H groups in total. The van der Waals surface area contributed by atoms with Crippen LogP contribution in [0.25, 0.3) is 0 Å². The molecule has 0 heterocycles. The maximum absolute atomic E-state index is 6.51. The molecule has 0 bridgehead atoms. The van der Waals surface area contributed by atoms with Crippen molar-refractivity contribution >= 4 is 11.6 Å². The SMILES string of the molecule is CCCCCCCCCCCCCCc1ccccc1C(C)(C)Cl.O. The van der Waals surface area contributed by atoms with Crippen molar-refractivity contribution in [3.63, 3.8) is 0 Å². The molecular formula is C23H41ClO. The van der Waals surface area contributed by atoms with E-state index in [9.17, 15) is 0 Å². The highest BCUT2D eigenvalue weighted by molar-refractivity contribution is 6.23. The molecule has 0 amide bonds. The number of hydrogen-bond donors (Lipinski definition) is 0. The van der Waals surface area contributed by atoms with Crippen molar-refractivity contribution in [2.45, 2.75) is 109 Å². The van der Waals surface area contributed by atoms with Crippen molar-refractivity contribution in [3.05, 3.63) is 35.4 Å². The lowest BCUT2D eigenvalue weighted by molar-refractivity contribution is 0.543. The summed E-state index contributed by atoms with van der Waals surface area (Å²) in [6, 6.07) is 8.67. The highest BCUT2D eigenvalue weighted by atomic mass is 35.5. The quantitative estimate of drug-likeness (QED) is 0.239. The van der Waals surface area contributed by atoms with Crippen LogP contribution in [0.3, 0.4) is 0 Å². The first-order valence-corrected chi connectivity index (χ1v) is 10.7. The van der Waals surface area contributed by atoms with Crippen LogP contribution in [0, 0.1) is 0 Å². The first kappa shape index (κ1) is 24.5. The average Bonchev–Trinajstić information content (AvgIpc) is 2.55. The zero-order valence-electron chi connectivity index (χ0n) is 16.9. The van der Waals surface area contributed by atoms with E-state index >= 15 is 0 Å². The molecule has 1 rings (SSSR count). The first-order valence-electron chi connectivity index (χ1n) is 10.3. The molecule has 0 saturated heterocycles. The molecule has 0 fully saturated rings. The zero-order valence-corrected chi connectivity index (χ0v) is 17.6. The predicted molar refractivity (Wildman–Crippen MR) is 114 cm³/mol. The van der Waals surface area contributed by atoms with Gasteiger partial charge in [-0.2, -0.15) is 0 Å². The molecule has 1 nitrogen and oxygen atoms in total. The fourth-order valence-electron chi connectivity index (χ4n) is 3.47. The van der Waals surface area contributed by atoms with Crippen molar-refractivity contribution in [1.82, 2.24) is 0 Å². The lowest BCUT2D eigenvalue weighted by atomic mass is 9.93. The highest BCUT2D eigenvalue weighted by Crippen LogP contribution is 2.31. The summed E-state index contributed by atoms with van der Waals surface area (Å²) < 4.78 is 0. The molecule has 0 atom stereocenters. The number of hydrogen-bond acceptors (Lipinski definition) is 0. The monoisotopic (exact) mass is 368 g/mol. The summed E-state index contributed by atoms with van der Waals surface area (Å²) in [6.45, 7) is 6.47. The largest absolute Gasteiger partial charge is 0.412 e. The van der Waals surface area contributed by atoms with E-state index < -0.39 is 0 Å². The summed E-state index contributed by atoms with van der Waals surface area (Å²) in [5.74, 6) is 0. The molecule has 1 aromatic rings. The van der Waals surface area contributed by atoms with Crippen LogP contribution < -0.4 is 0 Å². The predicted octanol–water partition coefficient (Wildman–Crippen LogP) is 7.58. The Kier molecular flexibility index (Phi) is 14.3. The Balaban J connectivity index is 0.00000576. The summed E-state index contributed by atoms with van der Waals surface area (Å²) in [4.78, 5) is -0.256. The van der Waals surface area contributed by atoms with Gasteiger partial charge in [-0.15, -0.1) is 11.6 Å². The Morgan fingerprint density at radius 3 is 1.64 bits per heavy atom. The lowest BCUT2D eigenvalue weighted by Gasteiger charge is -2.20. The minimum Gasteiger partial charge on any atom is -0.412 e. The van der Waals surface area contributed by atoms with Gasteiger partial charge in [0.2, 0.25) is 0 Å². The van der Waals surface area contributed by atoms with Crippen LogP contribution in [0.4, 0.5) is 0 Å². The molecule has 1 aromatic carbocycles. The third-order valence-electron chi connectivity index (χ3n) is 4.96. The Bertz CT molecular complexity index is 422. The van der Waals surface area contributed by atoms with Gasteiger partial charge in [-0.25, -0.2) is 0 Å². The fourth-order valence-corrected chi connectivity index (χ4v) is 3.66. The van der Waals surface area contributed by atoms with E-state index in [0.717, 1.165) is 0 Å². The summed E-state index contributed by atoms with van der Waals surface area (Å²) in [5.41, 5.74) is 2.74. The van der Waals surface area contributed by atoms with Gasteiger partial charge < -0.3 is 5.48 Å². The van der Waals surface area contributed by atoms with E-state index in [2.05, 4.69) is 45.0 Å².